The van der Waals surface area contributed by atoms with Crippen LogP contribution < -0.4 is 0 Å². The van der Waals surface area contributed by atoms with Crippen molar-refractivity contribution in [2.45, 2.75) is 52.1 Å². The molecule has 0 aliphatic heterocycles. The van der Waals surface area contributed by atoms with E-state index in [2.05, 4.69) is 11.9 Å². The number of aliphatic hydroxyl groups is 1. The zero-order valence-electron chi connectivity index (χ0n) is 10.9. The van der Waals surface area contributed by atoms with Gasteiger partial charge in [0.05, 0.1) is 6.10 Å². The van der Waals surface area contributed by atoms with E-state index in [0.29, 0.717) is 5.92 Å². The number of aromatic nitrogens is 1. The number of pyridine rings is 1. The van der Waals surface area contributed by atoms with Gasteiger partial charge in [0.2, 0.25) is 0 Å². The zero-order valence-corrected chi connectivity index (χ0v) is 10.9. The van der Waals surface area contributed by atoms with Gasteiger partial charge in [-0.05, 0) is 37.7 Å². The maximum Gasteiger partial charge on any atom is 0.0835 e. The predicted octanol–water partition coefficient (Wildman–Crippen LogP) is 3.64. The second kappa shape index (κ2) is 5.63. The SMILES string of the molecule is CCC1CCC(C(O)c2cccnc2C)CC1. The van der Waals surface area contributed by atoms with E-state index in [-0.39, 0.29) is 6.10 Å². The van der Waals surface area contributed by atoms with Crippen molar-refractivity contribution >= 4 is 0 Å². The van der Waals surface area contributed by atoms with Crippen LogP contribution in [-0.2, 0) is 0 Å². The first kappa shape index (κ1) is 12.6. The molecule has 0 spiro atoms. The van der Waals surface area contributed by atoms with Crippen LogP contribution >= 0.6 is 0 Å². The van der Waals surface area contributed by atoms with Crippen molar-refractivity contribution in [2.75, 3.05) is 0 Å². The number of nitrogens with zero attached hydrogens (tertiary/aromatic N) is 1. The monoisotopic (exact) mass is 233 g/mol. The summed E-state index contributed by atoms with van der Waals surface area (Å²) in [6, 6.07) is 3.93. The molecule has 1 aromatic heterocycles. The first-order chi connectivity index (χ1) is 8.22. The molecule has 0 bridgehead atoms. The molecule has 1 atom stereocenters. The van der Waals surface area contributed by atoms with E-state index >= 15 is 0 Å². The highest BCUT2D eigenvalue weighted by Crippen LogP contribution is 2.38. The molecule has 1 aliphatic carbocycles. The Balaban J connectivity index is 2.02. The van der Waals surface area contributed by atoms with Crippen LogP contribution in [0.1, 0.15) is 56.4 Å². The van der Waals surface area contributed by atoms with Crippen molar-refractivity contribution in [1.82, 2.24) is 4.98 Å². The Bertz CT molecular complexity index is 356. The summed E-state index contributed by atoms with van der Waals surface area (Å²) in [5.74, 6) is 1.31. The minimum atomic E-state index is -0.318. The lowest BCUT2D eigenvalue weighted by molar-refractivity contribution is 0.0721. The van der Waals surface area contributed by atoms with Crippen molar-refractivity contribution in [2.24, 2.45) is 11.8 Å². The topological polar surface area (TPSA) is 33.1 Å². The van der Waals surface area contributed by atoms with Crippen molar-refractivity contribution in [3.8, 4) is 0 Å². The van der Waals surface area contributed by atoms with E-state index in [9.17, 15) is 5.11 Å². The second-order valence-electron chi connectivity index (χ2n) is 5.31. The average molecular weight is 233 g/mol. The summed E-state index contributed by atoms with van der Waals surface area (Å²) in [4.78, 5) is 4.27. The van der Waals surface area contributed by atoms with Crippen molar-refractivity contribution < 1.29 is 5.11 Å². The van der Waals surface area contributed by atoms with Crippen LogP contribution in [0.4, 0.5) is 0 Å². The minimum absolute atomic E-state index is 0.318. The Morgan fingerprint density at radius 3 is 2.65 bits per heavy atom. The van der Waals surface area contributed by atoms with Gasteiger partial charge in [-0.1, -0.05) is 32.3 Å². The summed E-state index contributed by atoms with van der Waals surface area (Å²) in [6.45, 7) is 4.25. The molecule has 2 heteroatoms. The average Bonchev–Trinajstić information content (AvgIpc) is 2.39. The fourth-order valence-corrected chi connectivity index (χ4v) is 2.98. The van der Waals surface area contributed by atoms with Crippen LogP contribution in [-0.4, -0.2) is 10.1 Å². The van der Waals surface area contributed by atoms with Crippen LogP contribution in [0.3, 0.4) is 0 Å². The summed E-state index contributed by atoms with van der Waals surface area (Å²) >= 11 is 0. The summed E-state index contributed by atoms with van der Waals surface area (Å²) in [6.07, 6.45) is 7.63. The Labute approximate surface area is 104 Å². The van der Waals surface area contributed by atoms with Crippen LogP contribution in [0.25, 0.3) is 0 Å². The molecule has 1 unspecified atom stereocenters. The van der Waals surface area contributed by atoms with Crippen LogP contribution in [0.2, 0.25) is 0 Å². The predicted molar refractivity (Wildman–Crippen MR) is 69.7 cm³/mol. The molecular weight excluding hydrogens is 210 g/mol. The number of aliphatic hydroxyl groups excluding tert-OH is 1. The van der Waals surface area contributed by atoms with Gasteiger partial charge in [0.25, 0.3) is 0 Å². The third kappa shape index (κ3) is 2.86. The molecule has 0 amide bonds. The van der Waals surface area contributed by atoms with Crippen LogP contribution in [0, 0.1) is 18.8 Å². The van der Waals surface area contributed by atoms with Crippen LogP contribution in [0.15, 0.2) is 18.3 Å². The molecule has 1 heterocycles. The third-order valence-corrected chi connectivity index (χ3v) is 4.28. The first-order valence-corrected chi connectivity index (χ1v) is 6.82. The number of aryl methyl sites for hydroxylation is 1. The fraction of sp³-hybridized carbons (Fsp3) is 0.667. The standard InChI is InChI=1S/C15H23NO/c1-3-12-6-8-13(9-7-12)15(17)14-5-4-10-16-11(14)2/h4-5,10,12-13,15,17H,3,6-9H2,1-2H3. The van der Waals surface area contributed by atoms with Crippen molar-refractivity contribution in [3.05, 3.63) is 29.6 Å². The highest BCUT2D eigenvalue weighted by Gasteiger charge is 2.27. The van der Waals surface area contributed by atoms with Crippen molar-refractivity contribution in [3.63, 3.8) is 0 Å². The van der Waals surface area contributed by atoms with Gasteiger partial charge in [-0.2, -0.15) is 0 Å². The quantitative estimate of drug-likeness (QED) is 0.864. The van der Waals surface area contributed by atoms with Gasteiger partial charge < -0.3 is 5.11 Å². The summed E-state index contributed by atoms with van der Waals surface area (Å²) in [5.41, 5.74) is 1.99. The second-order valence-corrected chi connectivity index (χ2v) is 5.31. The number of hydrogen-bond acceptors (Lipinski definition) is 2. The Morgan fingerprint density at radius 1 is 1.35 bits per heavy atom. The molecule has 17 heavy (non-hydrogen) atoms. The molecular formula is C15H23NO. The minimum Gasteiger partial charge on any atom is -0.388 e. The lowest BCUT2D eigenvalue weighted by Gasteiger charge is -2.31. The zero-order chi connectivity index (χ0) is 12.3. The molecule has 0 saturated heterocycles. The molecule has 0 radical (unpaired) electrons. The smallest absolute Gasteiger partial charge is 0.0835 e. The molecule has 2 nitrogen and oxygen atoms in total. The lowest BCUT2D eigenvalue weighted by atomic mass is 9.77. The molecule has 1 saturated carbocycles. The Kier molecular flexibility index (Phi) is 4.16. The van der Waals surface area contributed by atoms with E-state index in [0.717, 1.165) is 30.0 Å². The maximum absolute atomic E-state index is 10.4. The van der Waals surface area contributed by atoms with Gasteiger partial charge in [0, 0.05) is 17.5 Å². The van der Waals surface area contributed by atoms with E-state index < -0.39 is 0 Å². The van der Waals surface area contributed by atoms with Gasteiger partial charge in [-0.3, -0.25) is 4.98 Å². The Morgan fingerprint density at radius 2 is 2.06 bits per heavy atom. The fourth-order valence-electron chi connectivity index (χ4n) is 2.98. The largest absolute Gasteiger partial charge is 0.388 e. The van der Waals surface area contributed by atoms with E-state index in [1.807, 2.05) is 19.1 Å². The van der Waals surface area contributed by atoms with Gasteiger partial charge in [0.1, 0.15) is 0 Å². The summed E-state index contributed by atoms with van der Waals surface area (Å²) in [7, 11) is 0. The van der Waals surface area contributed by atoms with Gasteiger partial charge >= 0.3 is 0 Å². The highest BCUT2D eigenvalue weighted by atomic mass is 16.3. The summed E-state index contributed by atoms with van der Waals surface area (Å²) in [5, 5.41) is 10.4. The van der Waals surface area contributed by atoms with E-state index in [1.54, 1.807) is 6.20 Å². The number of hydrogen-bond donors (Lipinski definition) is 1. The number of rotatable bonds is 3. The maximum atomic E-state index is 10.4. The van der Waals surface area contributed by atoms with Crippen LogP contribution in [0.5, 0.6) is 0 Å². The van der Waals surface area contributed by atoms with Crippen molar-refractivity contribution in [1.29, 1.82) is 0 Å². The molecule has 1 aromatic rings. The normalized spacial score (nSPS) is 26.8. The highest BCUT2D eigenvalue weighted by molar-refractivity contribution is 5.21. The van der Waals surface area contributed by atoms with Gasteiger partial charge in [-0.15, -0.1) is 0 Å². The Hall–Kier alpha value is -0.890. The third-order valence-electron chi connectivity index (χ3n) is 4.28. The lowest BCUT2D eigenvalue weighted by Crippen LogP contribution is -2.21. The molecule has 1 fully saturated rings. The van der Waals surface area contributed by atoms with E-state index in [4.69, 9.17) is 0 Å². The molecule has 2 rings (SSSR count). The molecule has 1 aliphatic rings. The van der Waals surface area contributed by atoms with Gasteiger partial charge in [0.15, 0.2) is 0 Å². The van der Waals surface area contributed by atoms with Gasteiger partial charge in [-0.25, -0.2) is 0 Å². The molecule has 0 aromatic carbocycles. The molecule has 94 valence electrons. The van der Waals surface area contributed by atoms with E-state index in [1.165, 1.54) is 19.3 Å². The first-order valence-electron chi connectivity index (χ1n) is 6.82. The summed E-state index contributed by atoms with van der Waals surface area (Å²) < 4.78 is 0. The molecule has 1 N–H and O–H groups in total.